The smallest absolute Gasteiger partial charge is 0.387 e. The average molecular weight is 411 g/mol. The minimum absolute atomic E-state index is 0. The van der Waals surface area contributed by atoms with Crippen molar-refractivity contribution in [3.63, 3.8) is 0 Å². The summed E-state index contributed by atoms with van der Waals surface area (Å²) < 4.78 is 0. The number of aliphatic hydroxyl groups excluding tert-OH is 1. The summed E-state index contributed by atoms with van der Waals surface area (Å²) in [5, 5.41) is 23.4. The van der Waals surface area contributed by atoms with Crippen LogP contribution in [0.2, 0.25) is 0 Å². The summed E-state index contributed by atoms with van der Waals surface area (Å²) in [5.41, 5.74) is 7.28. The Hall–Kier alpha value is -0.934. The molecule has 8 heteroatoms. The molecule has 1 rings (SSSR count). The molecule has 0 fully saturated rings. The Morgan fingerprint density at radius 2 is 2.08 bits per heavy atom. The minimum atomic E-state index is -0.719. The number of hydrogen-bond acceptors (Lipinski definition) is 5. The van der Waals surface area contributed by atoms with E-state index in [2.05, 4.69) is 34.4 Å². The van der Waals surface area contributed by atoms with Crippen molar-refractivity contribution in [2.75, 3.05) is 11.9 Å². The van der Waals surface area contributed by atoms with Crippen LogP contribution < -0.4 is 11.1 Å². The molecule has 0 bridgehead atoms. The molecule has 0 saturated heterocycles. The molecule has 0 radical (unpaired) electrons. The molecule has 4 N–H and O–H groups in total. The molecule has 0 aliphatic carbocycles. The summed E-state index contributed by atoms with van der Waals surface area (Å²) in [6.45, 7) is 9.19. The van der Waals surface area contributed by atoms with Crippen LogP contribution in [0.5, 0.6) is 0 Å². The van der Waals surface area contributed by atoms with Gasteiger partial charge in [-0.1, -0.05) is 34.7 Å². The number of aryl methyl sites for hydroxylation is 1. The number of nitrogens with zero attached hydrogens (tertiary/aromatic N) is 1. The van der Waals surface area contributed by atoms with Crippen molar-refractivity contribution < 1.29 is 10.0 Å². The van der Waals surface area contributed by atoms with Crippen molar-refractivity contribution in [3.05, 3.63) is 58.1 Å². The summed E-state index contributed by atoms with van der Waals surface area (Å²) in [5.74, 6) is 0. The molecule has 1 aromatic carbocycles. The van der Waals surface area contributed by atoms with Crippen molar-refractivity contribution in [2.24, 2.45) is 5.73 Å². The van der Waals surface area contributed by atoms with Gasteiger partial charge in [-0.05, 0) is 36.4 Å². The average Bonchev–Trinajstić information content (AvgIpc) is 2.51. The third-order valence-corrected chi connectivity index (χ3v) is 3.06. The standard InChI is InChI=1S/C14H21N3O3.C2H3Br.Mg/c1-3-14(18)11(15)5-4-8-16-12-9-10(2)6-7-13(12)17(19)20;1-2-3;/h3,6-7,9,11,14,16,18H,1,4-5,8,15H2,2H3;2H,1H2;/q;;+2. The van der Waals surface area contributed by atoms with Gasteiger partial charge in [0.05, 0.1) is 11.0 Å². The number of nitrogens with two attached hydrogens (primary N) is 1. The second kappa shape index (κ2) is 14.4. The number of nitrogens with one attached hydrogen (secondary N) is 1. The molecule has 0 aromatic heterocycles. The molecule has 0 heterocycles. The Balaban J connectivity index is 0. The van der Waals surface area contributed by atoms with Gasteiger partial charge >= 0.3 is 23.1 Å². The van der Waals surface area contributed by atoms with Gasteiger partial charge in [-0.25, -0.2) is 0 Å². The number of nitro benzene ring substituents is 1. The van der Waals surface area contributed by atoms with E-state index in [1.165, 1.54) is 12.1 Å². The molecule has 0 aliphatic rings. The summed E-state index contributed by atoms with van der Waals surface area (Å²) in [7, 11) is 0. The maximum absolute atomic E-state index is 10.9. The number of anilines is 1. The van der Waals surface area contributed by atoms with Crippen molar-refractivity contribution in [2.45, 2.75) is 31.9 Å². The number of halogens is 1. The van der Waals surface area contributed by atoms with Crippen LogP contribution >= 0.6 is 15.9 Å². The number of hydrogen-bond donors (Lipinski definition) is 3. The Labute approximate surface area is 167 Å². The zero-order valence-corrected chi connectivity index (χ0v) is 17.0. The van der Waals surface area contributed by atoms with Gasteiger partial charge in [0, 0.05) is 18.7 Å². The minimum Gasteiger partial charge on any atom is -0.387 e. The predicted octanol–water partition coefficient (Wildman–Crippen LogP) is 3.11. The second-order valence-corrected chi connectivity index (χ2v) is 5.54. The van der Waals surface area contributed by atoms with Gasteiger partial charge in [-0.2, -0.15) is 0 Å². The van der Waals surface area contributed by atoms with E-state index in [0.29, 0.717) is 25.1 Å². The molecule has 2 unspecified atom stereocenters. The summed E-state index contributed by atoms with van der Waals surface area (Å²) >= 11 is 2.91. The van der Waals surface area contributed by atoms with Gasteiger partial charge in [0.2, 0.25) is 0 Å². The first-order chi connectivity index (χ1) is 10.9. The Morgan fingerprint density at radius 3 is 2.58 bits per heavy atom. The second-order valence-electron chi connectivity index (χ2n) is 4.89. The largest absolute Gasteiger partial charge is 2.00 e. The first-order valence-electron chi connectivity index (χ1n) is 7.13. The van der Waals surface area contributed by atoms with Crippen LogP contribution in [-0.2, 0) is 0 Å². The zero-order chi connectivity index (χ0) is 17.8. The van der Waals surface area contributed by atoms with Gasteiger partial charge in [0.15, 0.2) is 0 Å². The van der Waals surface area contributed by atoms with E-state index < -0.39 is 11.0 Å². The summed E-state index contributed by atoms with van der Waals surface area (Å²) in [6.07, 6.45) is 2.00. The van der Waals surface area contributed by atoms with E-state index in [-0.39, 0.29) is 34.8 Å². The van der Waals surface area contributed by atoms with Crippen LogP contribution in [0.25, 0.3) is 0 Å². The van der Waals surface area contributed by atoms with E-state index in [4.69, 9.17) is 5.73 Å². The Bertz CT molecular complexity index is 529. The molecule has 128 valence electrons. The Kier molecular flexibility index (Phi) is 15.2. The molecular formula is C16H24BrMgN3O3+2. The molecule has 0 aliphatic heterocycles. The summed E-state index contributed by atoms with van der Waals surface area (Å²) in [6, 6.07) is 4.59. The van der Waals surface area contributed by atoms with Crippen LogP contribution in [0.3, 0.4) is 0 Å². The third kappa shape index (κ3) is 10.0. The molecule has 0 saturated carbocycles. The SMILES string of the molecule is C=CBr.C=CC(O)C(N)CCCNc1cc(C)ccc1[N+](=O)[O-].[Mg+2]. The third-order valence-electron chi connectivity index (χ3n) is 3.06. The predicted molar refractivity (Wildman–Crippen MR) is 105 cm³/mol. The number of nitro groups is 1. The van der Waals surface area contributed by atoms with E-state index >= 15 is 0 Å². The summed E-state index contributed by atoms with van der Waals surface area (Å²) in [4.78, 5) is 12.1. The van der Waals surface area contributed by atoms with Crippen LogP contribution in [0.1, 0.15) is 18.4 Å². The molecule has 1 aromatic rings. The Morgan fingerprint density at radius 1 is 1.50 bits per heavy atom. The van der Waals surface area contributed by atoms with Gasteiger partial charge < -0.3 is 16.2 Å². The number of aliphatic hydroxyl groups is 1. The quantitative estimate of drug-likeness (QED) is 0.201. The fourth-order valence-electron chi connectivity index (χ4n) is 1.86. The zero-order valence-electron chi connectivity index (χ0n) is 14.0. The molecular weight excluding hydrogens is 386 g/mol. The first-order valence-corrected chi connectivity index (χ1v) is 8.05. The topological polar surface area (TPSA) is 101 Å². The molecule has 0 spiro atoms. The van der Waals surface area contributed by atoms with Crippen LogP contribution in [0, 0.1) is 17.0 Å². The van der Waals surface area contributed by atoms with E-state index in [1.807, 2.05) is 6.92 Å². The van der Waals surface area contributed by atoms with Gasteiger partial charge in [-0.15, -0.1) is 6.58 Å². The number of benzene rings is 1. The van der Waals surface area contributed by atoms with Crippen molar-refractivity contribution in [1.82, 2.24) is 0 Å². The maximum atomic E-state index is 10.9. The normalized spacial score (nSPS) is 11.8. The molecule has 0 amide bonds. The van der Waals surface area contributed by atoms with Gasteiger partial charge in [0.1, 0.15) is 5.69 Å². The fraction of sp³-hybridized carbons (Fsp3) is 0.375. The maximum Gasteiger partial charge on any atom is 2.00 e. The van der Waals surface area contributed by atoms with E-state index in [9.17, 15) is 15.2 Å². The van der Waals surface area contributed by atoms with Crippen molar-refractivity contribution >= 4 is 50.4 Å². The van der Waals surface area contributed by atoms with Crippen molar-refractivity contribution in [1.29, 1.82) is 0 Å². The van der Waals surface area contributed by atoms with Crippen LogP contribution in [0.15, 0.2) is 42.4 Å². The van der Waals surface area contributed by atoms with Crippen molar-refractivity contribution in [3.8, 4) is 0 Å². The molecule has 6 nitrogen and oxygen atoms in total. The van der Waals surface area contributed by atoms with Crippen LogP contribution in [0.4, 0.5) is 11.4 Å². The fourth-order valence-corrected chi connectivity index (χ4v) is 1.86. The van der Waals surface area contributed by atoms with E-state index in [0.717, 1.165) is 5.56 Å². The molecule has 24 heavy (non-hydrogen) atoms. The van der Waals surface area contributed by atoms with Gasteiger partial charge in [0.25, 0.3) is 5.69 Å². The monoisotopic (exact) mass is 409 g/mol. The van der Waals surface area contributed by atoms with Gasteiger partial charge in [-0.3, -0.25) is 10.1 Å². The van der Waals surface area contributed by atoms with Crippen LogP contribution in [-0.4, -0.2) is 51.8 Å². The molecule has 2 atom stereocenters. The first kappa shape index (κ1) is 25.3. The van der Waals surface area contributed by atoms with E-state index in [1.54, 1.807) is 17.1 Å². The number of rotatable bonds is 8.